The Kier molecular flexibility index (Phi) is 4.65. The lowest BCUT2D eigenvalue weighted by atomic mass is 9.82. The first-order chi connectivity index (χ1) is 11.5. The maximum absolute atomic E-state index is 13.5. The van der Waals surface area contributed by atoms with Gasteiger partial charge in [0.15, 0.2) is 11.6 Å². The summed E-state index contributed by atoms with van der Waals surface area (Å²) >= 11 is 0. The van der Waals surface area contributed by atoms with E-state index in [1.807, 2.05) is 25.1 Å². The Morgan fingerprint density at radius 2 is 1.92 bits per heavy atom. The molecule has 1 amide bonds. The first kappa shape index (κ1) is 16.6. The zero-order valence-corrected chi connectivity index (χ0v) is 13.9. The average molecular weight is 329 g/mol. The lowest BCUT2D eigenvalue weighted by Gasteiger charge is -2.32. The van der Waals surface area contributed by atoms with Crippen molar-refractivity contribution in [1.82, 2.24) is 4.90 Å². The molecular formula is C20H21F2NO. The minimum absolute atomic E-state index is 0.0272. The van der Waals surface area contributed by atoms with Gasteiger partial charge in [0, 0.05) is 7.05 Å². The number of hydrogen-bond acceptors (Lipinski definition) is 1. The van der Waals surface area contributed by atoms with E-state index >= 15 is 0 Å². The first-order valence-electron chi connectivity index (χ1n) is 8.28. The number of nitrogens with zero attached hydrogens (tertiary/aromatic N) is 1. The second-order valence-electron chi connectivity index (χ2n) is 6.44. The number of rotatable bonds is 3. The van der Waals surface area contributed by atoms with Crippen molar-refractivity contribution >= 4 is 5.91 Å². The summed E-state index contributed by atoms with van der Waals surface area (Å²) < 4.78 is 26.6. The third-order valence-corrected chi connectivity index (χ3v) is 5.02. The van der Waals surface area contributed by atoms with Crippen LogP contribution in [0.15, 0.2) is 42.5 Å². The zero-order chi connectivity index (χ0) is 17.3. The summed E-state index contributed by atoms with van der Waals surface area (Å²) in [7, 11) is 1.73. The normalized spacial score (nSPS) is 17.9. The van der Waals surface area contributed by atoms with Gasteiger partial charge in [-0.25, -0.2) is 8.78 Å². The number of benzene rings is 2. The van der Waals surface area contributed by atoms with E-state index in [0.29, 0.717) is 5.56 Å². The van der Waals surface area contributed by atoms with Crippen LogP contribution in [0.1, 0.15) is 48.4 Å². The van der Waals surface area contributed by atoms with Crippen LogP contribution in [0.4, 0.5) is 8.78 Å². The molecule has 0 saturated heterocycles. The summed E-state index contributed by atoms with van der Waals surface area (Å²) in [4.78, 5) is 14.6. The predicted molar refractivity (Wildman–Crippen MR) is 89.7 cm³/mol. The largest absolute Gasteiger partial charge is 0.338 e. The molecule has 0 aromatic heterocycles. The summed E-state index contributed by atoms with van der Waals surface area (Å²) in [6.07, 6.45) is 2.81. The van der Waals surface area contributed by atoms with Crippen LogP contribution >= 0.6 is 0 Å². The van der Waals surface area contributed by atoms with Gasteiger partial charge in [-0.05, 0) is 55.0 Å². The Morgan fingerprint density at radius 1 is 1.17 bits per heavy atom. The maximum Gasteiger partial charge on any atom is 0.230 e. The Morgan fingerprint density at radius 3 is 2.67 bits per heavy atom. The molecule has 0 fully saturated rings. The number of likely N-dealkylation sites (N-methyl/N-ethyl adjacent to an activating group) is 1. The number of aryl methyl sites for hydroxylation is 1. The van der Waals surface area contributed by atoms with Crippen LogP contribution in [0.2, 0.25) is 0 Å². The third-order valence-electron chi connectivity index (χ3n) is 5.02. The highest BCUT2D eigenvalue weighted by Crippen LogP contribution is 2.34. The van der Waals surface area contributed by atoms with Crippen LogP contribution in [0.3, 0.4) is 0 Å². The van der Waals surface area contributed by atoms with Gasteiger partial charge in [-0.2, -0.15) is 0 Å². The minimum atomic E-state index is -0.886. The molecule has 2 aromatic carbocycles. The Bertz CT molecular complexity index is 759. The molecule has 24 heavy (non-hydrogen) atoms. The number of halogens is 2. The molecule has 0 bridgehead atoms. The number of hydrogen-bond donors (Lipinski definition) is 0. The van der Waals surface area contributed by atoms with E-state index in [4.69, 9.17) is 0 Å². The fourth-order valence-corrected chi connectivity index (χ4v) is 3.44. The molecular weight excluding hydrogens is 308 g/mol. The molecule has 0 spiro atoms. The number of carbonyl (C=O) groups is 1. The summed E-state index contributed by atoms with van der Waals surface area (Å²) in [5.74, 6) is -1.89. The van der Waals surface area contributed by atoms with Crippen molar-refractivity contribution in [2.75, 3.05) is 7.05 Å². The molecule has 0 saturated carbocycles. The van der Waals surface area contributed by atoms with Gasteiger partial charge in [-0.3, -0.25) is 4.79 Å². The topological polar surface area (TPSA) is 20.3 Å². The fraction of sp³-hybridized carbons (Fsp3) is 0.350. The lowest BCUT2D eigenvalue weighted by Crippen LogP contribution is -2.35. The van der Waals surface area contributed by atoms with Crippen LogP contribution in [0.25, 0.3) is 0 Å². The van der Waals surface area contributed by atoms with E-state index in [2.05, 4.69) is 6.07 Å². The minimum Gasteiger partial charge on any atom is -0.338 e. The van der Waals surface area contributed by atoms with E-state index in [0.717, 1.165) is 30.9 Å². The highest BCUT2D eigenvalue weighted by Gasteiger charge is 2.30. The van der Waals surface area contributed by atoms with Crippen molar-refractivity contribution in [3.05, 3.63) is 70.8 Å². The van der Waals surface area contributed by atoms with Gasteiger partial charge in [0.1, 0.15) is 0 Å². The number of fused-ring (bicyclic) bond motifs is 1. The van der Waals surface area contributed by atoms with E-state index in [1.54, 1.807) is 11.9 Å². The monoisotopic (exact) mass is 329 g/mol. The van der Waals surface area contributed by atoms with E-state index < -0.39 is 11.6 Å². The van der Waals surface area contributed by atoms with Gasteiger partial charge in [0.2, 0.25) is 5.91 Å². The SMILES string of the molecule is C[C@H](c1ccc(F)c(F)c1)N(C)C(=O)[C@H]1CCCc2ccccc21. The Hall–Kier alpha value is -2.23. The van der Waals surface area contributed by atoms with Crippen molar-refractivity contribution in [3.8, 4) is 0 Å². The maximum atomic E-state index is 13.5. The highest BCUT2D eigenvalue weighted by molar-refractivity contribution is 5.84. The second kappa shape index (κ2) is 6.71. The standard InChI is InChI=1S/C20H21F2NO/c1-13(15-10-11-18(21)19(22)12-15)23(2)20(24)17-9-5-7-14-6-3-4-8-16(14)17/h3-4,6,8,10-13,17H,5,7,9H2,1-2H3/t13-,17+/m1/s1. The smallest absolute Gasteiger partial charge is 0.230 e. The quantitative estimate of drug-likeness (QED) is 0.805. The summed E-state index contributed by atoms with van der Waals surface area (Å²) in [6.45, 7) is 1.83. The Balaban J connectivity index is 1.83. The van der Waals surface area contributed by atoms with E-state index in [1.165, 1.54) is 17.7 Å². The van der Waals surface area contributed by atoms with Gasteiger partial charge in [-0.15, -0.1) is 0 Å². The number of carbonyl (C=O) groups excluding carboxylic acids is 1. The molecule has 0 N–H and O–H groups in total. The molecule has 3 rings (SSSR count). The van der Waals surface area contributed by atoms with Gasteiger partial charge in [-0.1, -0.05) is 30.3 Å². The molecule has 2 atom stereocenters. The van der Waals surface area contributed by atoms with Gasteiger partial charge < -0.3 is 4.90 Å². The second-order valence-corrected chi connectivity index (χ2v) is 6.44. The van der Waals surface area contributed by atoms with Gasteiger partial charge >= 0.3 is 0 Å². The predicted octanol–water partition coefficient (Wildman–Crippen LogP) is 4.60. The molecule has 0 heterocycles. The molecule has 0 aliphatic heterocycles. The van der Waals surface area contributed by atoms with Crippen LogP contribution in [-0.2, 0) is 11.2 Å². The summed E-state index contributed by atoms with van der Waals surface area (Å²) in [5.41, 5.74) is 2.92. The molecule has 2 nitrogen and oxygen atoms in total. The molecule has 126 valence electrons. The number of amides is 1. The summed E-state index contributed by atoms with van der Waals surface area (Å²) in [6, 6.07) is 11.5. The van der Waals surface area contributed by atoms with Crippen molar-refractivity contribution in [1.29, 1.82) is 0 Å². The van der Waals surface area contributed by atoms with E-state index in [9.17, 15) is 13.6 Å². The average Bonchev–Trinajstić information content (AvgIpc) is 2.61. The molecule has 1 aliphatic carbocycles. The van der Waals surface area contributed by atoms with Crippen molar-refractivity contribution in [3.63, 3.8) is 0 Å². The lowest BCUT2D eigenvalue weighted by molar-refractivity contribution is -0.133. The zero-order valence-electron chi connectivity index (χ0n) is 13.9. The van der Waals surface area contributed by atoms with Gasteiger partial charge in [0.05, 0.1) is 12.0 Å². The molecule has 1 aliphatic rings. The van der Waals surface area contributed by atoms with Crippen molar-refractivity contribution < 1.29 is 13.6 Å². The Labute approximate surface area is 141 Å². The fourth-order valence-electron chi connectivity index (χ4n) is 3.44. The van der Waals surface area contributed by atoms with Crippen LogP contribution in [-0.4, -0.2) is 17.9 Å². The van der Waals surface area contributed by atoms with Crippen molar-refractivity contribution in [2.24, 2.45) is 0 Å². The molecule has 0 unspecified atom stereocenters. The van der Waals surface area contributed by atoms with Crippen molar-refractivity contribution in [2.45, 2.75) is 38.1 Å². The van der Waals surface area contributed by atoms with Crippen LogP contribution in [0.5, 0.6) is 0 Å². The van der Waals surface area contributed by atoms with E-state index in [-0.39, 0.29) is 17.9 Å². The van der Waals surface area contributed by atoms with Crippen LogP contribution < -0.4 is 0 Å². The molecule has 2 aromatic rings. The highest BCUT2D eigenvalue weighted by atomic mass is 19.2. The van der Waals surface area contributed by atoms with Crippen LogP contribution in [0, 0.1) is 11.6 Å². The molecule has 4 heteroatoms. The van der Waals surface area contributed by atoms with Gasteiger partial charge in [0.25, 0.3) is 0 Å². The first-order valence-corrected chi connectivity index (χ1v) is 8.28. The summed E-state index contributed by atoms with van der Waals surface area (Å²) in [5, 5.41) is 0. The third kappa shape index (κ3) is 3.05. The molecule has 0 radical (unpaired) electrons.